The van der Waals surface area contributed by atoms with Gasteiger partial charge in [-0.15, -0.1) is 0 Å². The van der Waals surface area contributed by atoms with Crippen molar-refractivity contribution in [2.45, 2.75) is 57.6 Å². The average molecular weight is 395 g/mol. The summed E-state index contributed by atoms with van der Waals surface area (Å²) in [4.78, 5) is 16.8. The number of hydrogen-bond donors (Lipinski definition) is 0. The molecule has 0 aliphatic carbocycles. The molecular weight excluding hydrogens is 360 g/mol. The highest BCUT2D eigenvalue weighted by atomic mass is 16.6. The standard InChI is InChI=1S/C25H34N2O2/c1-6-9-20(14-11-19-12-15-21(16-13-19)26(3)4)22-18-24(28)29-25(22,2)23-10-7-8-17-27(23)5/h12-13,15-16,18,20,23H,6-10,17H2,1-5H3/t20?,23?,25-/m0/s1. The van der Waals surface area contributed by atoms with E-state index in [1.807, 2.05) is 14.1 Å². The second kappa shape index (κ2) is 9.05. The molecule has 0 radical (unpaired) electrons. The van der Waals surface area contributed by atoms with Gasteiger partial charge in [0.25, 0.3) is 0 Å². The van der Waals surface area contributed by atoms with Gasteiger partial charge in [0.2, 0.25) is 0 Å². The molecule has 1 fully saturated rings. The zero-order valence-corrected chi connectivity index (χ0v) is 18.5. The summed E-state index contributed by atoms with van der Waals surface area (Å²) in [6, 6.07) is 8.51. The zero-order chi connectivity index (χ0) is 21.0. The zero-order valence-electron chi connectivity index (χ0n) is 18.5. The van der Waals surface area contributed by atoms with Gasteiger partial charge in [0.15, 0.2) is 0 Å². The first-order valence-electron chi connectivity index (χ1n) is 10.8. The number of hydrogen-bond acceptors (Lipinski definition) is 4. The Morgan fingerprint density at radius 2 is 2.00 bits per heavy atom. The van der Waals surface area contributed by atoms with Gasteiger partial charge in [-0.2, -0.15) is 0 Å². The van der Waals surface area contributed by atoms with Gasteiger partial charge in [0.05, 0.1) is 6.04 Å². The molecule has 3 atom stereocenters. The van der Waals surface area contributed by atoms with Crippen molar-refractivity contribution in [2.75, 3.05) is 32.6 Å². The minimum absolute atomic E-state index is 0.0281. The normalized spacial score (nSPS) is 25.6. The summed E-state index contributed by atoms with van der Waals surface area (Å²) >= 11 is 0. The second-order valence-corrected chi connectivity index (χ2v) is 8.67. The first-order valence-corrected chi connectivity index (χ1v) is 10.8. The van der Waals surface area contributed by atoms with Gasteiger partial charge in [-0.05, 0) is 69.6 Å². The van der Waals surface area contributed by atoms with E-state index >= 15 is 0 Å². The molecule has 4 heteroatoms. The molecule has 0 bridgehead atoms. The van der Waals surface area contributed by atoms with E-state index in [-0.39, 0.29) is 17.9 Å². The summed E-state index contributed by atoms with van der Waals surface area (Å²) in [5.74, 6) is 6.63. The Hall–Kier alpha value is -2.25. The quantitative estimate of drug-likeness (QED) is 0.552. The van der Waals surface area contributed by atoms with Crippen molar-refractivity contribution < 1.29 is 9.53 Å². The van der Waals surface area contributed by atoms with Crippen LogP contribution in [0.5, 0.6) is 0 Å². The minimum Gasteiger partial charge on any atom is -0.450 e. The predicted molar refractivity (Wildman–Crippen MR) is 119 cm³/mol. The minimum atomic E-state index is -0.588. The molecule has 0 aromatic heterocycles. The highest BCUT2D eigenvalue weighted by Crippen LogP contribution is 2.42. The Morgan fingerprint density at radius 3 is 2.62 bits per heavy atom. The number of esters is 1. The van der Waals surface area contributed by atoms with E-state index in [1.165, 1.54) is 12.8 Å². The Morgan fingerprint density at radius 1 is 1.28 bits per heavy atom. The molecule has 0 saturated carbocycles. The molecule has 156 valence electrons. The second-order valence-electron chi connectivity index (χ2n) is 8.67. The van der Waals surface area contributed by atoms with E-state index in [9.17, 15) is 4.79 Å². The number of benzene rings is 1. The van der Waals surface area contributed by atoms with E-state index < -0.39 is 5.60 Å². The molecule has 0 amide bonds. The number of anilines is 1. The predicted octanol–water partition coefficient (Wildman–Crippen LogP) is 4.25. The highest BCUT2D eigenvalue weighted by molar-refractivity contribution is 5.87. The summed E-state index contributed by atoms with van der Waals surface area (Å²) in [5.41, 5.74) is 2.63. The molecule has 1 aromatic carbocycles. The van der Waals surface area contributed by atoms with Gasteiger partial charge < -0.3 is 9.64 Å². The lowest BCUT2D eigenvalue weighted by molar-refractivity contribution is -0.151. The van der Waals surface area contributed by atoms with Gasteiger partial charge in [-0.3, -0.25) is 4.90 Å². The molecule has 1 aromatic rings. The third-order valence-corrected chi connectivity index (χ3v) is 6.29. The highest BCUT2D eigenvalue weighted by Gasteiger charge is 2.49. The Kier molecular flexibility index (Phi) is 6.70. The molecule has 2 heterocycles. The molecule has 0 N–H and O–H groups in total. The summed E-state index contributed by atoms with van der Waals surface area (Å²) in [6.45, 7) is 5.31. The number of cyclic esters (lactones) is 1. The van der Waals surface area contributed by atoms with Crippen LogP contribution in [0.4, 0.5) is 5.69 Å². The number of nitrogens with zero attached hydrogens (tertiary/aromatic N) is 2. The van der Waals surface area contributed by atoms with Crippen molar-refractivity contribution in [3.05, 3.63) is 41.5 Å². The fourth-order valence-electron chi connectivity index (χ4n) is 4.65. The molecule has 0 spiro atoms. The van der Waals surface area contributed by atoms with Crippen LogP contribution in [0.15, 0.2) is 35.9 Å². The van der Waals surface area contributed by atoms with Gasteiger partial charge in [0, 0.05) is 37.3 Å². The fourth-order valence-corrected chi connectivity index (χ4v) is 4.65. The van der Waals surface area contributed by atoms with Gasteiger partial charge >= 0.3 is 5.97 Å². The average Bonchev–Trinajstić information content (AvgIpc) is 3.00. The largest absolute Gasteiger partial charge is 0.450 e. The van der Waals surface area contributed by atoms with Crippen LogP contribution in [0.3, 0.4) is 0 Å². The number of carbonyl (C=O) groups is 1. The van der Waals surface area contributed by atoms with Crippen LogP contribution in [0.1, 0.15) is 51.5 Å². The van der Waals surface area contributed by atoms with Crippen LogP contribution >= 0.6 is 0 Å². The van der Waals surface area contributed by atoms with E-state index in [4.69, 9.17) is 4.74 Å². The van der Waals surface area contributed by atoms with Crippen molar-refractivity contribution in [3.63, 3.8) is 0 Å². The van der Waals surface area contributed by atoms with Crippen molar-refractivity contribution in [1.29, 1.82) is 0 Å². The SMILES string of the molecule is CCCC(C#Cc1ccc(N(C)C)cc1)C1=CC(=O)O[C@]1(C)C1CCCCN1C. The van der Waals surface area contributed by atoms with Crippen LogP contribution in [-0.2, 0) is 9.53 Å². The molecule has 3 rings (SSSR count). The number of piperidine rings is 1. The molecule has 4 nitrogen and oxygen atoms in total. The number of likely N-dealkylation sites (tertiary alicyclic amines) is 1. The third kappa shape index (κ3) is 4.67. The van der Waals surface area contributed by atoms with Crippen LogP contribution in [0.25, 0.3) is 0 Å². The molecule has 2 aliphatic heterocycles. The van der Waals surface area contributed by atoms with Crippen molar-refractivity contribution >= 4 is 11.7 Å². The number of rotatable bonds is 5. The summed E-state index contributed by atoms with van der Waals surface area (Å²) in [5, 5.41) is 0. The Bertz CT molecular complexity index is 815. The van der Waals surface area contributed by atoms with E-state index in [2.05, 4.69) is 66.8 Å². The summed E-state index contributed by atoms with van der Waals surface area (Å²) in [7, 11) is 6.21. The van der Waals surface area contributed by atoms with Crippen LogP contribution in [0.2, 0.25) is 0 Å². The van der Waals surface area contributed by atoms with Gasteiger partial charge in [-0.25, -0.2) is 4.79 Å². The number of likely N-dealkylation sites (N-methyl/N-ethyl adjacent to an activating group) is 1. The van der Waals surface area contributed by atoms with E-state index in [0.717, 1.165) is 42.6 Å². The monoisotopic (exact) mass is 394 g/mol. The molecule has 2 unspecified atom stereocenters. The Labute approximate surface area is 175 Å². The van der Waals surface area contributed by atoms with E-state index in [0.29, 0.717) is 0 Å². The first-order chi connectivity index (χ1) is 13.8. The summed E-state index contributed by atoms with van der Waals surface area (Å²) < 4.78 is 5.95. The maximum absolute atomic E-state index is 12.3. The lowest BCUT2D eigenvalue weighted by atomic mass is 9.76. The van der Waals surface area contributed by atoms with E-state index in [1.54, 1.807) is 6.08 Å². The van der Waals surface area contributed by atoms with Crippen LogP contribution < -0.4 is 4.90 Å². The molecule has 1 saturated heterocycles. The molecular formula is C25H34N2O2. The fraction of sp³-hybridized carbons (Fsp3) is 0.560. The molecule has 2 aliphatic rings. The van der Waals surface area contributed by atoms with Crippen LogP contribution in [-0.4, -0.2) is 50.2 Å². The summed E-state index contributed by atoms with van der Waals surface area (Å²) in [6.07, 6.45) is 7.09. The first kappa shape index (κ1) is 21.5. The lowest BCUT2D eigenvalue weighted by Crippen LogP contribution is -2.54. The van der Waals surface area contributed by atoms with Gasteiger partial charge in [0.1, 0.15) is 5.60 Å². The maximum Gasteiger partial charge on any atom is 0.331 e. The molecule has 29 heavy (non-hydrogen) atoms. The number of ether oxygens (including phenoxy) is 1. The lowest BCUT2D eigenvalue weighted by Gasteiger charge is -2.44. The smallest absolute Gasteiger partial charge is 0.331 e. The van der Waals surface area contributed by atoms with Crippen LogP contribution in [0, 0.1) is 17.8 Å². The maximum atomic E-state index is 12.3. The van der Waals surface area contributed by atoms with Gasteiger partial charge in [-0.1, -0.05) is 31.6 Å². The topological polar surface area (TPSA) is 32.8 Å². The van der Waals surface area contributed by atoms with Crippen molar-refractivity contribution in [1.82, 2.24) is 4.90 Å². The van der Waals surface area contributed by atoms with Crippen molar-refractivity contribution in [2.24, 2.45) is 5.92 Å². The third-order valence-electron chi connectivity index (χ3n) is 6.29. The Balaban J connectivity index is 1.89. The number of carbonyl (C=O) groups excluding carboxylic acids is 1. The van der Waals surface area contributed by atoms with Crippen molar-refractivity contribution in [3.8, 4) is 11.8 Å².